The number of nitrogens with zero attached hydrogens (tertiary/aromatic N) is 1. The monoisotopic (exact) mass is 275 g/mol. The summed E-state index contributed by atoms with van der Waals surface area (Å²) in [4.78, 5) is 36.4. The smallest absolute Gasteiger partial charge is 0.255 e. The lowest BCUT2D eigenvalue weighted by Crippen LogP contribution is -2.53. The van der Waals surface area contributed by atoms with Crippen molar-refractivity contribution in [3.8, 4) is 0 Å². The minimum Gasteiger partial charge on any atom is -0.320 e. The summed E-state index contributed by atoms with van der Waals surface area (Å²) in [5.41, 5.74) is 1.45. The van der Waals surface area contributed by atoms with E-state index in [4.69, 9.17) is 0 Å². The molecular formula is C14H17N3O3. The number of piperazine rings is 1. The lowest BCUT2D eigenvalue weighted by molar-refractivity contribution is -0.135. The third-order valence-corrected chi connectivity index (χ3v) is 3.13. The summed E-state index contributed by atoms with van der Waals surface area (Å²) in [6, 6.07) is 7.26. The molecule has 3 amide bonds. The van der Waals surface area contributed by atoms with Gasteiger partial charge in [-0.2, -0.15) is 0 Å². The van der Waals surface area contributed by atoms with Gasteiger partial charge in [-0.1, -0.05) is 18.2 Å². The van der Waals surface area contributed by atoms with Crippen LogP contribution in [0.1, 0.15) is 15.9 Å². The minimum absolute atomic E-state index is 0.0784. The summed E-state index contributed by atoms with van der Waals surface area (Å²) in [6.45, 7) is 0.597. The van der Waals surface area contributed by atoms with Crippen molar-refractivity contribution in [1.29, 1.82) is 0 Å². The van der Waals surface area contributed by atoms with E-state index in [-0.39, 0.29) is 19.0 Å². The molecule has 0 atom stereocenters. The number of likely N-dealkylation sites (N-methyl/N-ethyl adjacent to an activating group) is 1. The van der Waals surface area contributed by atoms with E-state index >= 15 is 0 Å². The fourth-order valence-electron chi connectivity index (χ4n) is 2.16. The average molecular weight is 275 g/mol. The minimum atomic E-state index is -0.442. The molecule has 106 valence electrons. The van der Waals surface area contributed by atoms with Crippen LogP contribution in [0.5, 0.6) is 0 Å². The highest BCUT2D eigenvalue weighted by Crippen LogP contribution is 2.13. The summed E-state index contributed by atoms with van der Waals surface area (Å²) in [5, 5.41) is 5.22. The lowest BCUT2D eigenvalue weighted by Gasteiger charge is -2.26. The van der Waals surface area contributed by atoms with Crippen LogP contribution in [0.4, 0.5) is 0 Å². The van der Waals surface area contributed by atoms with Gasteiger partial charge >= 0.3 is 0 Å². The lowest BCUT2D eigenvalue weighted by atomic mass is 10.0. The Bertz CT molecular complexity index is 526. The number of benzene rings is 1. The molecular weight excluding hydrogens is 258 g/mol. The SMILES string of the molecule is CNCCc1ccccc1C(=O)N1CC(=O)NC(=O)C1. The summed E-state index contributed by atoms with van der Waals surface area (Å²) >= 11 is 0. The molecule has 20 heavy (non-hydrogen) atoms. The van der Waals surface area contributed by atoms with Crippen LogP contribution in [0.3, 0.4) is 0 Å². The maximum Gasteiger partial charge on any atom is 0.255 e. The van der Waals surface area contributed by atoms with Gasteiger partial charge in [0.25, 0.3) is 5.91 Å². The quantitative estimate of drug-likeness (QED) is 0.729. The van der Waals surface area contributed by atoms with Crippen molar-refractivity contribution in [3.05, 3.63) is 35.4 Å². The zero-order valence-electron chi connectivity index (χ0n) is 11.3. The fraction of sp³-hybridized carbons (Fsp3) is 0.357. The van der Waals surface area contributed by atoms with Crippen molar-refractivity contribution < 1.29 is 14.4 Å². The number of hydrogen-bond acceptors (Lipinski definition) is 4. The third-order valence-electron chi connectivity index (χ3n) is 3.13. The molecule has 6 heteroatoms. The van der Waals surface area contributed by atoms with Gasteiger partial charge in [-0.3, -0.25) is 19.7 Å². The van der Waals surface area contributed by atoms with Crippen LogP contribution < -0.4 is 10.6 Å². The molecule has 1 aliphatic rings. The third kappa shape index (κ3) is 3.21. The Hall–Kier alpha value is -2.21. The van der Waals surface area contributed by atoms with E-state index < -0.39 is 11.8 Å². The van der Waals surface area contributed by atoms with Gasteiger partial charge in [-0.05, 0) is 31.6 Å². The molecule has 1 fully saturated rings. The van der Waals surface area contributed by atoms with Crippen molar-refractivity contribution in [2.75, 3.05) is 26.7 Å². The van der Waals surface area contributed by atoms with Crippen LogP contribution in [0.25, 0.3) is 0 Å². The second-order valence-corrected chi connectivity index (χ2v) is 4.64. The zero-order valence-corrected chi connectivity index (χ0v) is 11.3. The van der Waals surface area contributed by atoms with Crippen molar-refractivity contribution >= 4 is 17.7 Å². The van der Waals surface area contributed by atoms with Crippen LogP contribution in [0.2, 0.25) is 0 Å². The predicted octanol–water partition coefficient (Wildman–Crippen LogP) is -0.453. The Balaban J connectivity index is 2.20. The molecule has 1 heterocycles. The number of amides is 3. The Morgan fingerprint density at radius 3 is 2.55 bits per heavy atom. The molecule has 0 saturated carbocycles. The number of hydrogen-bond donors (Lipinski definition) is 2. The summed E-state index contributed by atoms with van der Waals surface area (Å²) in [5.74, 6) is -1.16. The highest BCUT2D eigenvalue weighted by atomic mass is 16.2. The van der Waals surface area contributed by atoms with E-state index in [2.05, 4.69) is 10.6 Å². The highest BCUT2D eigenvalue weighted by molar-refractivity contribution is 6.06. The number of carbonyl (C=O) groups is 3. The van der Waals surface area contributed by atoms with Gasteiger partial charge in [0.05, 0.1) is 0 Å². The topological polar surface area (TPSA) is 78.5 Å². The van der Waals surface area contributed by atoms with Gasteiger partial charge in [0, 0.05) is 5.56 Å². The van der Waals surface area contributed by atoms with Gasteiger partial charge < -0.3 is 10.2 Å². The van der Waals surface area contributed by atoms with Crippen LogP contribution in [-0.4, -0.2) is 49.3 Å². The Morgan fingerprint density at radius 2 is 1.90 bits per heavy atom. The fourth-order valence-corrected chi connectivity index (χ4v) is 2.16. The summed E-state index contributed by atoms with van der Waals surface area (Å²) in [7, 11) is 1.85. The average Bonchev–Trinajstić information content (AvgIpc) is 2.43. The number of rotatable bonds is 4. The van der Waals surface area contributed by atoms with Crippen LogP contribution in [0, 0.1) is 0 Å². The van der Waals surface area contributed by atoms with E-state index in [1.807, 2.05) is 19.2 Å². The zero-order chi connectivity index (χ0) is 14.5. The number of carbonyl (C=O) groups excluding carboxylic acids is 3. The Labute approximate surface area is 117 Å². The molecule has 0 aromatic heterocycles. The van der Waals surface area contributed by atoms with Gasteiger partial charge in [0.2, 0.25) is 11.8 Å². The van der Waals surface area contributed by atoms with E-state index in [0.717, 1.165) is 12.1 Å². The molecule has 6 nitrogen and oxygen atoms in total. The largest absolute Gasteiger partial charge is 0.320 e. The standard InChI is InChI=1S/C14H17N3O3/c1-15-7-6-10-4-2-3-5-11(10)14(20)17-8-12(18)16-13(19)9-17/h2-5,15H,6-9H2,1H3,(H,16,18,19). The Kier molecular flexibility index (Phi) is 4.47. The molecule has 0 spiro atoms. The van der Waals surface area contributed by atoms with Crippen molar-refractivity contribution in [1.82, 2.24) is 15.5 Å². The molecule has 1 aliphatic heterocycles. The number of imide groups is 1. The first-order chi connectivity index (χ1) is 9.61. The first-order valence-electron chi connectivity index (χ1n) is 6.46. The summed E-state index contributed by atoms with van der Waals surface area (Å²) < 4.78 is 0. The van der Waals surface area contributed by atoms with Crippen molar-refractivity contribution in [2.45, 2.75) is 6.42 Å². The van der Waals surface area contributed by atoms with E-state index in [1.165, 1.54) is 4.90 Å². The second-order valence-electron chi connectivity index (χ2n) is 4.64. The Morgan fingerprint density at radius 1 is 1.25 bits per heavy atom. The van der Waals surface area contributed by atoms with E-state index in [9.17, 15) is 14.4 Å². The molecule has 2 rings (SSSR count). The second kappa shape index (κ2) is 6.29. The molecule has 0 aliphatic carbocycles. The first-order valence-corrected chi connectivity index (χ1v) is 6.46. The summed E-state index contributed by atoms with van der Waals surface area (Å²) in [6.07, 6.45) is 0.715. The van der Waals surface area contributed by atoms with Crippen LogP contribution in [-0.2, 0) is 16.0 Å². The van der Waals surface area contributed by atoms with Gasteiger partial charge in [0.15, 0.2) is 0 Å². The molecule has 1 aromatic carbocycles. The van der Waals surface area contributed by atoms with Gasteiger partial charge in [0.1, 0.15) is 13.1 Å². The van der Waals surface area contributed by atoms with Crippen LogP contribution in [0.15, 0.2) is 24.3 Å². The maximum atomic E-state index is 12.4. The van der Waals surface area contributed by atoms with Crippen molar-refractivity contribution in [2.24, 2.45) is 0 Å². The molecule has 0 unspecified atom stereocenters. The van der Waals surface area contributed by atoms with E-state index in [1.54, 1.807) is 12.1 Å². The molecule has 1 aromatic rings. The molecule has 0 bridgehead atoms. The molecule has 1 saturated heterocycles. The van der Waals surface area contributed by atoms with Gasteiger partial charge in [-0.25, -0.2) is 0 Å². The molecule has 2 N–H and O–H groups in total. The van der Waals surface area contributed by atoms with Crippen molar-refractivity contribution in [3.63, 3.8) is 0 Å². The van der Waals surface area contributed by atoms with Gasteiger partial charge in [-0.15, -0.1) is 0 Å². The maximum absolute atomic E-state index is 12.4. The van der Waals surface area contributed by atoms with E-state index in [0.29, 0.717) is 12.0 Å². The van der Waals surface area contributed by atoms with Crippen LogP contribution >= 0.6 is 0 Å². The number of nitrogens with one attached hydrogen (secondary N) is 2. The first kappa shape index (κ1) is 14.2. The highest BCUT2D eigenvalue weighted by Gasteiger charge is 2.27. The predicted molar refractivity (Wildman–Crippen MR) is 73.1 cm³/mol. The normalized spacial score (nSPS) is 15.2. The molecule has 0 radical (unpaired) electrons.